The fourth-order valence-corrected chi connectivity index (χ4v) is 1.79. The van der Waals surface area contributed by atoms with Crippen LogP contribution in [0, 0.1) is 17.3 Å². The molecule has 1 aromatic carbocycles. The van der Waals surface area contributed by atoms with E-state index in [0.29, 0.717) is 11.5 Å². The largest absolute Gasteiger partial charge is 0.380 e. The lowest BCUT2D eigenvalue weighted by Crippen LogP contribution is -2.24. The number of hydrogen-bond acceptors (Lipinski definition) is 5. The molecule has 168 valence electrons. The predicted octanol–water partition coefficient (Wildman–Crippen LogP) is 3.89. The van der Waals surface area contributed by atoms with Gasteiger partial charge in [-0.25, -0.2) is 4.84 Å². The van der Waals surface area contributed by atoms with Crippen LogP contribution in [-0.4, -0.2) is 74.9 Å². The molecule has 1 fully saturated rings. The fourth-order valence-electron chi connectivity index (χ4n) is 1.79. The van der Waals surface area contributed by atoms with Crippen molar-refractivity contribution in [3.8, 4) is 12.3 Å². The fraction of sp³-hybridized carbons (Fsp3) is 0.591. The van der Waals surface area contributed by atoms with Crippen molar-refractivity contribution in [3.63, 3.8) is 0 Å². The number of hydrogen-bond donors (Lipinski definition) is 1. The van der Waals surface area contributed by atoms with Crippen molar-refractivity contribution in [1.29, 1.82) is 0 Å². The summed E-state index contributed by atoms with van der Waals surface area (Å²) in [5.74, 6) is 2.25. The predicted molar refractivity (Wildman–Crippen MR) is 121 cm³/mol. The molecule has 0 unspecified atom stereocenters. The van der Waals surface area contributed by atoms with E-state index < -0.39 is 0 Å². The Balaban J connectivity index is -0.000000141. The molecule has 7 heteroatoms. The van der Waals surface area contributed by atoms with Gasteiger partial charge in [-0.2, -0.15) is 0 Å². The second kappa shape index (κ2) is 27.8. The topological polar surface area (TPSA) is 65.0 Å². The number of nitrogens with zero attached hydrogens (tertiary/aromatic N) is 3. The minimum absolute atomic E-state index is 0. The van der Waals surface area contributed by atoms with Crippen LogP contribution in [0.5, 0.6) is 0 Å². The first kappa shape index (κ1) is 34.1. The number of benzene rings is 1. The Morgan fingerprint density at radius 3 is 1.79 bits per heavy atom. The van der Waals surface area contributed by atoms with Crippen molar-refractivity contribution in [3.05, 3.63) is 40.8 Å². The van der Waals surface area contributed by atoms with Crippen molar-refractivity contribution in [1.82, 2.24) is 4.90 Å². The van der Waals surface area contributed by atoms with Gasteiger partial charge in [0.05, 0.1) is 11.5 Å². The first-order valence-electron chi connectivity index (χ1n) is 9.01. The molecule has 1 saturated heterocycles. The van der Waals surface area contributed by atoms with Crippen LogP contribution in [0.25, 0.3) is 0 Å². The van der Waals surface area contributed by atoms with Gasteiger partial charge >= 0.3 is 0 Å². The third-order valence-electron chi connectivity index (χ3n) is 2.99. The van der Waals surface area contributed by atoms with E-state index >= 15 is 0 Å². The SMILES string of the molecule is C.C#CC.C=[N+](C)O.CN1CCCCC1.COCc1ccccc1.CO[N+](C)=O. The van der Waals surface area contributed by atoms with E-state index in [1.165, 1.54) is 59.1 Å². The van der Waals surface area contributed by atoms with Gasteiger partial charge in [-0.1, -0.05) is 44.2 Å². The maximum Gasteiger partial charge on any atom is 0.239 e. The first-order chi connectivity index (χ1) is 13.2. The van der Waals surface area contributed by atoms with Crippen molar-refractivity contribution in [2.24, 2.45) is 0 Å². The van der Waals surface area contributed by atoms with Crippen molar-refractivity contribution >= 4 is 6.72 Å². The number of rotatable bonds is 3. The van der Waals surface area contributed by atoms with Gasteiger partial charge in [-0.15, -0.1) is 12.3 Å². The Morgan fingerprint density at radius 2 is 1.55 bits per heavy atom. The lowest BCUT2D eigenvalue weighted by atomic mass is 10.1. The summed E-state index contributed by atoms with van der Waals surface area (Å²) in [5, 5.41) is 7.78. The van der Waals surface area contributed by atoms with E-state index in [2.05, 4.69) is 35.8 Å². The van der Waals surface area contributed by atoms with Crippen LogP contribution in [0.1, 0.15) is 39.2 Å². The van der Waals surface area contributed by atoms with Crippen molar-refractivity contribution in [2.45, 2.75) is 40.2 Å². The van der Waals surface area contributed by atoms with Gasteiger partial charge < -0.3 is 9.64 Å². The second-order valence-electron chi connectivity index (χ2n) is 5.85. The smallest absolute Gasteiger partial charge is 0.239 e. The van der Waals surface area contributed by atoms with Crippen LogP contribution >= 0.6 is 0 Å². The monoisotopic (exact) mass is 413 g/mol. The van der Waals surface area contributed by atoms with Crippen LogP contribution in [0.2, 0.25) is 0 Å². The average Bonchev–Trinajstić information content (AvgIpc) is 2.65. The zero-order chi connectivity index (χ0) is 22.2. The third kappa shape index (κ3) is 41.2. The summed E-state index contributed by atoms with van der Waals surface area (Å²) < 4.78 is 5.68. The maximum atomic E-state index is 9.51. The van der Waals surface area contributed by atoms with Gasteiger partial charge in [-0.3, -0.25) is 5.21 Å². The first-order valence-corrected chi connectivity index (χ1v) is 9.01. The molecule has 1 aliphatic rings. The van der Waals surface area contributed by atoms with Crippen LogP contribution in [0.15, 0.2) is 30.3 Å². The second-order valence-corrected chi connectivity index (χ2v) is 5.85. The number of methoxy groups -OCH3 is 1. The maximum absolute atomic E-state index is 9.51. The molecule has 0 amide bonds. The molecule has 7 nitrogen and oxygen atoms in total. The zero-order valence-corrected chi connectivity index (χ0v) is 18.4. The van der Waals surface area contributed by atoms with Crippen LogP contribution in [-0.2, 0) is 16.2 Å². The molecule has 1 N–H and O–H groups in total. The normalized spacial score (nSPS) is 11.3. The quantitative estimate of drug-likeness (QED) is 0.268. The zero-order valence-electron chi connectivity index (χ0n) is 18.4. The Kier molecular flexibility index (Phi) is 32.7. The molecule has 29 heavy (non-hydrogen) atoms. The molecule has 0 spiro atoms. The summed E-state index contributed by atoms with van der Waals surface area (Å²) in [4.78, 5) is 16.3. The third-order valence-corrected chi connectivity index (χ3v) is 2.99. The lowest BCUT2D eigenvalue weighted by Gasteiger charge is -2.20. The molecule has 1 aliphatic heterocycles. The summed E-state index contributed by atoms with van der Waals surface area (Å²) in [7, 11) is 7.93. The summed E-state index contributed by atoms with van der Waals surface area (Å²) in [5.41, 5.74) is 1.22. The van der Waals surface area contributed by atoms with Crippen molar-refractivity contribution < 1.29 is 24.4 Å². The van der Waals surface area contributed by atoms with Crippen LogP contribution in [0.3, 0.4) is 0 Å². The molecule has 0 aromatic heterocycles. The Labute approximate surface area is 178 Å². The molecular formula is C22H43N3O4+2. The Hall–Kier alpha value is -2.43. The number of likely N-dealkylation sites (tertiary alicyclic amines) is 1. The van der Waals surface area contributed by atoms with Gasteiger partial charge in [0.15, 0.2) is 20.9 Å². The molecule has 1 heterocycles. The van der Waals surface area contributed by atoms with Gasteiger partial charge in [0.2, 0.25) is 12.0 Å². The van der Waals surface area contributed by atoms with Gasteiger partial charge in [0, 0.05) is 7.11 Å². The highest BCUT2D eigenvalue weighted by Crippen LogP contribution is 2.04. The highest BCUT2D eigenvalue weighted by Gasteiger charge is 2.02. The summed E-state index contributed by atoms with van der Waals surface area (Å²) in [6, 6.07) is 10.1. The number of hydroxylamine groups is 1. The molecule has 1 aromatic rings. The van der Waals surface area contributed by atoms with E-state index in [-0.39, 0.29) is 7.43 Å². The standard InChI is InChI=1S/C8H10O.C6H13N.C3H4.C2H6NO2.C2H6NO.CH4/c1-9-7-8-5-3-2-4-6-8;1-7-5-3-2-4-6-7;1-3-2;1-3(4)5-2;1-3(2)4;/h2-6H,7H2,1H3;2-6H2,1H3;1H,2H3;1-2H3;4H,1H2,2H3;1H4/q;;;2*+1;. The lowest BCUT2D eigenvalue weighted by molar-refractivity contribution is -0.776. The highest BCUT2D eigenvalue weighted by molar-refractivity contribution is 5.13. The minimum Gasteiger partial charge on any atom is -0.380 e. The highest BCUT2D eigenvalue weighted by atomic mass is 16.7. The molecule has 0 radical (unpaired) electrons. The summed E-state index contributed by atoms with van der Waals surface area (Å²) in [6.07, 6.45) is 8.87. The van der Waals surface area contributed by atoms with E-state index in [4.69, 9.17) is 9.94 Å². The Bertz CT molecular complexity index is 507. The minimum atomic E-state index is 0. The molecule has 0 atom stereocenters. The molecule has 2 rings (SSSR count). The van der Waals surface area contributed by atoms with Gasteiger partial charge in [-0.05, 0) is 50.2 Å². The number of ether oxygens (including phenoxy) is 1. The van der Waals surface area contributed by atoms with E-state index in [1.54, 1.807) is 14.0 Å². The summed E-state index contributed by atoms with van der Waals surface area (Å²) >= 11 is 0. The van der Waals surface area contributed by atoms with Crippen molar-refractivity contribution in [2.75, 3.05) is 48.5 Å². The van der Waals surface area contributed by atoms with E-state index in [1.807, 2.05) is 30.3 Å². The van der Waals surface area contributed by atoms with Gasteiger partial charge in [0.25, 0.3) is 0 Å². The molecule has 0 bridgehead atoms. The number of piperidine rings is 1. The van der Waals surface area contributed by atoms with Crippen LogP contribution < -0.4 is 0 Å². The Morgan fingerprint density at radius 1 is 1.17 bits per heavy atom. The molecular weight excluding hydrogens is 370 g/mol. The van der Waals surface area contributed by atoms with Gasteiger partial charge in [0.1, 0.15) is 0 Å². The van der Waals surface area contributed by atoms with Crippen LogP contribution in [0.4, 0.5) is 0 Å². The summed E-state index contributed by atoms with van der Waals surface area (Å²) in [6.45, 7) is 8.03. The van der Waals surface area contributed by atoms with E-state index in [0.717, 1.165) is 4.74 Å². The van der Waals surface area contributed by atoms with E-state index in [9.17, 15) is 4.91 Å². The molecule has 0 aliphatic carbocycles. The average molecular weight is 414 g/mol. The molecule has 0 saturated carbocycles. The number of terminal acetylenes is 1.